The third-order valence-electron chi connectivity index (χ3n) is 2.74. The van der Waals surface area contributed by atoms with Gasteiger partial charge >= 0.3 is 0 Å². The van der Waals surface area contributed by atoms with Crippen molar-refractivity contribution in [2.75, 3.05) is 19.6 Å². The predicted octanol–water partition coefficient (Wildman–Crippen LogP) is 3.38. The lowest BCUT2D eigenvalue weighted by Gasteiger charge is -2.35. The molecule has 0 unspecified atom stereocenters. The van der Waals surface area contributed by atoms with E-state index < -0.39 is 0 Å². The summed E-state index contributed by atoms with van der Waals surface area (Å²) < 4.78 is 0.817. The summed E-state index contributed by atoms with van der Waals surface area (Å²) in [6, 6.07) is 10.5. The molecule has 1 rings (SSSR count). The van der Waals surface area contributed by atoms with Crippen LogP contribution in [0.15, 0.2) is 68.3 Å². The van der Waals surface area contributed by atoms with Crippen molar-refractivity contribution in [3.05, 3.63) is 68.3 Å². The molecule has 0 aliphatic rings. The molecule has 0 aliphatic carbocycles. The van der Waals surface area contributed by atoms with Crippen LogP contribution >= 0.6 is 0 Å². The molecular formula is C15H21NO. The maximum atomic E-state index is 3.85. The Morgan fingerprint density at radius 2 is 1.24 bits per heavy atom. The van der Waals surface area contributed by atoms with Gasteiger partial charge in [-0.3, -0.25) is 4.48 Å². The zero-order valence-corrected chi connectivity index (χ0v) is 10.3. The second kappa shape index (κ2) is 7.60. The van der Waals surface area contributed by atoms with Gasteiger partial charge in [-0.05, 0) is 30.4 Å². The van der Waals surface area contributed by atoms with Crippen molar-refractivity contribution in [1.29, 1.82) is 0 Å². The molecule has 0 amide bonds. The smallest absolute Gasteiger partial charge is 0.133 e. The average Bonchev–Trinajstić information content (AvgIpc) is 2.31. The summed E-state index contributed by atoms with van der Waals surface area (Å²) in [5, 5.41) is 0. The Morgan fingerprint density at radius 3 is 1.59 bits per heavy atom. The van der Waals surface area contributed by atoms with Crippen molar-refractivity contribution >= 4 is 5.69 Å². The van der Waals surface area contributed by atoms with E-state index in [1.165, 1.54) is 5.69 Å². The van der Waals surface area contributed by atoms with Gasteiger partial charge in [-0.2, -0.15) is 0 Å². The molecule has 1 aromatic carbocycles. The van der Waals surface area contributed by atoms with Crippen LogP contribution in [0.4, 0.5) is 5.69 Å². The Hall–Kier alpha value is -1.64. The van der Waals surface area contributed by atoms with Gasteiger partial charge in [0.15, 0.2) is 0 Å². The summed E-state index contributed by atoms with van der Waals surface area (Å²) in [7, 11) is 0. The molecule has 0 spiro atoms. The van der Waals surface area contributed by atoms with Crippen molar-refractivity contribution < 1.29 is 5.48 Å². The molecule has 0 heterocycles. The molecule has 2 nitrogen and oxygen atoms in total. The van der Waals surface area contributed by atoms with Gasteiger partial charge in [-0.25, -0.2) is 0 Å². The van der Waals surface area contributed by atoms with Crippen molar-refractivity contribution in [2.24, 2.45) is 0 Å². The predicted molar refractivity (Wildman–Crippen MR) is 75.4 cm³/mol. The highest BCUT2D eigenvalue weighted by molar-refractivity contribution is 5.44. The van der Waals surface area contributed by atoms with Crippen LogP contribution in [-0.2, 0) is 0 Å². The van der Waals surface area contributed by atoms with Crippen LogP contribution in [0.2, 0.25) is 0 Å². The number of benzene rings is 1. The molecule has 0 radical (unpaired) electrons. The van der Waals surface area contributed by atoms with E-state index in [1.54, 1.807) is 0 Å². The summed E-state index contributed by atoms with van der Waals surface area (Å²) in [5.74, 6) is 0. The van der Waals surface area contributed by atoms with Gasteiger partial charge in [0.05, 0.1) is 0 Å². The number of nitrogens with zero attached hydrogens (tertiary/aromatic N) is 1. The van der Waals surface area contributed by atoms with Crippen LogP contribution < -0.4 is 4.48 Å². The Kier molecular flexibility index (Phi) is 6.87. The Bertz CT molecular complexity index is 330. The van der Waals surface area contributed by atoms with E-state index in [0.29, 0.717) is 0 Å². The molecule has 1 aromatic rings. The van der Waals surface area contributed by atoms with Crippen LogP contribution in [-0.4, -0.2) is 25.1 Å². The lowest BCUT2D eigenvalue weighted by Crippen LogP contribution is -2.49. The van der Waals surface area contributed by atoms with E-state index in [9.17, 15) is 0 Å². The van der Waals surface area contributed by atoms with Crippen molar-refractivity contribution in [1.82, 2.24) is 4.48 Å². The van der Waals surface area contributed by atoms with Gasteiger partial charge < -0.3 is 5.48 Å². The molecule has 0 aliphatic heterocycles. The quantitative estimate of drug-likeness (QED) is 0.522. The lowest BCUT2D eigenvalue weighted by molar-refractivity contribution is 0.365. The van der Waals surface area contributed by atoms with Crippen molar-refractivity contribution in [3.63, 3.8) is 0 Å². The number of rotatable bonds is 7. The molecular weight excluding hydrogens is 210 g/mol. The first-order valence-electron chi connectivity index (χ1n) is 5.53. The van der Waals surface area contributed by atoms with E-state index in [4.69, 9.17) is 0 Å². The molecule has 0 atom stereocenters. The van der Waals surface area contributed by atoms with E-state index in [1.807, 2.05) is 24.3 Å². The minimum absolute atomic E-state index is 0. The topological polar surface area (TPSA) is 30.0 Å². The highest BCUT2D eigenvalue weighted by Crippen LogP contribution is 2.22. The average molecular weight is 231 g/mol. The maximum absolute atomic E-state index is 3.85. The van der Waals surface area contributed by atoms with Gasteiger partial charge in [-0.1, -0.05) is 37.9 Å². The molecule has 0 fully saturated rings. The number of hydrogen-bond donors (Lipinski definition) is 0. The van der Waals surface area contributed by atoms with Crippen molar-refractivity contribution in [3.8, 4) is 0 Å². The van der Waals surface area contributed by atoms with Crippen LogP contribution in [0.25, 0.3) is 0 Å². The zero-order valence-electron chi connectivity index (χ0n) is 10.3. The monoisotopic (exact) mass is 231 g/mol. The van der Waals surface area contributed by atoms with E-state index >= 15 is 0 Å². The Morgan fingerprint density at radius 1 is 0.824 bits per heavy atom. The summed E-state index contributed by atoms with van der Waals surface area (Å²) >= 11 is 0. The lowest BCUT2D eigenvalue weighted by atomic mass is 10.2. The minimum Gasteiger partial charge on any atom is -0.870 e. The molecule has 0 saturated carbocycles. The minimum atomic E-state index is 0. The van der Waals surface area contributed by atoms with Crippen LogP contribution in [0, 0.1) is 0 Å². The molecule has 92 valence electrons. The third kappa shape index (κ3) is 3.70. The Balaban J connectivity index is 0.00000256. The highest BCUT2D eigenvalue weighted by atomic mass is 16.0. The first-order valence-corrected chi connectivity index (χ1v) is 5.53. The molecule has 2 heteroatoms. The van der Waals surface area contributed by atoms with Gasteiger partial charge in [0, 0.05) is 0 Å². The number of quaternary nitrogens is 1. The Labute approximate surface area is 104 Å². The van der Waals surface area contributed by atoms with E-state index in [2.05, 4.69) is 44.0 Å². The van der Waals surface area contributed by atoms with Crippen LogP contribution in [0.3, 0.4) is 0 Å². The molecule has 17 heavy (non-hydrogen) atoms. The largest absolute Gasteiger partial charge is 0.870 e. The molecule has 0 saturated heterocycles. The standard InChI is InChI=1S/C15H20N.H2O/c1-4-12-16(13-5-2,14-6-3)15-10-8-7-9-11-15;/h4-11H,1-3,12-14H2;1H2/q+1;/p-1. The fourth-order valence-electron chi connectivity index (χ4n) is 2.03. The van der Waals surface area contributed by atoms with Crippen LogP contribution in [0.1, 0.15) is 0 Å². The fraction of sp³-hybridized carbons (Fsp3) is 0.200. The second-order valence-electron chi connectivity index (χ2n) is 3.89. The van der Waals surface area contributed by atoms with Gasteiger partial charge in [0.25, 0.3) is 0 Å². The third-order valence-corrected chi connectivity index (χ3v) is 2.74. The summed E-state index contributed by atoms with van der Waals surface area (Å²) in [6.45, 7) is 14.2. The van der Waals surface area contributed by atoms with E-state index in [0.717, 1.165) is 24.1 Å². The second-order valence-corrected chi connectivity index (χ2v) is 3.89. The number of para-hydroxylation sites is 1. The normalized spacial score (nSPS) is 10.1. The SMILES string of the molecule is C=CC[N+](CC=C)(CC=C)c1ccccc1.[OH-]. The summed E-state index contributed by atoms with van der Waals surface area (Å²) in [4.78, 5) is 0. The highest BCUT2D eigenvalue weighted by Gasteiger charge is 2.25. The summed E-state index contributed by atoms with van der Waals surface area (Å²) in [6.07, 6.45) is 5.88. The first-order chi connectivity index (χ1) is 7.79. The van der Waals surface area contributed by atoms with Gasteiger partial charge in [0.1, 0.15) is 25.3 Å². The maximum Gasteiger partial charge on any atom is 0.133 e. The molecule has 0 bridgehead atoms. The summed E-state index contributed by atoms with van der Waals surface area (Å²) in [5.41, 5.74) is 1.28. The first kappa shape index (κ1) is 15.4. The van der Waals surface area contributed by atoms with Gasteiger partial charge in [-0.15, -0.1) is 0 Å². The van der Waals surface area contributed by atoms with E-state index in [-0.39, 0.29) is 5.48 Å². The van der Waals surface area contributed by atoms with Gasteiger partial charge in [0.2, 0.25) is 0 Å². The van der Waals surface area contributed by atoms with Crippen LogP contribution in [0.5, 0.6) is 0 Å². The molecule has 1 N–H and O–H groups in total. The van der Waals surface area contributed by atoms with Crippen molar-refractivity contribution in [2.45, 2.75) is 0 Å². The number of hydrogen-bond acceptors (Lipinski definition) is 1. The molecule has 0 aromatic heterocycles. The fourth-order valence-corrected chi connectivity index (χ4v) is 2.03. The zero-order chi connectivity index (χ0) is 11.9.